The van der Waals surface area contributed by atoms with Gasteiger partial charge in [-0.15, -0.1) is 0 Å². The molecule has 0 spiro atoms. The van der Waals surface area contributed by atoms with Gasteiger partial charge in [0, 0.05) is 38.3 Å². The van der Waals surface area contributed by atoms with E-state index in [1.54, 1.807) is 0 Å². The average molecular weight is 398 g/mol. The van der Waals surface area contributed by atoms with E-state index in [1.807, 2.05) is 0 Å². The number of urea groups is 1. The number of rotatable bonds is 6. The second kappa shape index (κ2) is 9.52. The summed E-state index contributed by atoms with van der Waals surface area (Å²) in [5.41, 5.74) is 3.19. The van der Waals surface area contributed by atoms with Crippen LogP contribution >= 0.6 is 0 Å². The van der Waals surface area contributed by atoms with Crippen LogP contribution in [0.2, 0.25) is 0 Å². The lowest BCUT2D eigenvalue weighted by Gasteiger charge is -2.35. The second-order valence-corrected chi connectivity index (χ2v) is 7.26. The Hall–Kier alpha value is -2.93. The van der Waals surface area contributed by atoms with Crippen molar-refractivity contribution < 1.29 is 14.0 Å². The smallest absolute Gasteiger partial charge is 0.319 e. The fourth-order valence-corrected chi connectivity index (χ4v) is 3.64. The van der Waals surface area contributed by atoms with Crippen LogP contribution in [0.25, 0.3) is 0 Å². The summed E-state index contributed by atoms with van der Waals surface area (Å²) in [5, 5.41) is 8.00. The lowest BCUT2D eigenvalue weighted by Crippen LogP contribution is -2.46. The van der Waals surface area contributed by atoms with E-state index in [2.05, 4.69) is 52.0 Å². The first-order valence-electron chi connectivity index (χ1n) is 9.89. The highest BCUT2D eigenvalue weighted by molar-refractivity contribution is 5.92. The minimum absolute atomic E-state index is 0.0358. The number of hydrogen-bond donors (Lipinski definition) is 3. The molecule has 0 saturated heterocycles. The standard InChI is InChI=1S/C22H27FN4O2/c1-3-19(27-11-10-16-6-4-5-7-17(16)14-27)13-24-22(29)26-18-8-9-20(23)21(12-18)25-15(2)28/h4-9,12,19H,3,10-11,13-14H2,1-2H3,(H,25,28)(H2,24,26,29). The molecule has 1 aliphatic heterocycles. The van der Waals surface area contributed by atoms with Crippen LogP contribution in [0, 0.1) is 5.82 Å². The normalized spacial score (nSPS) is 14.6. The fraction of sp³-hybridized carbons (Fsp3) is 0.364. The van der Waals surface area contributed by atoms with E-state index in [9.17, 15) is 14.0 Å². The molecule has 2 aromatic rings. The molecule has 3 amide bonds. The third-order valence-electron chi connectivity index (χ3n) is 5.18. The maximum absolute atomic E-state index is 13.7. The zero-order valence-corrected chi connectivity index (χ0v) is 16.8. The Bertz CT molecular complexity index is 887. The summed E-state index contributed by atoms with van der Waals surface area (Å²) < 4.78 is 13.7. The summed E-state index contributed by atoms with van der Waals surface area (Å²) in [6, 6.07) is 12.4. The highest BCUT2D eigenvalue weighted by Gasteiger charge is 2.22. The summed E-state index contributed by atoms with van der Waals surface area (Å²) >= 11 is 0. The first-order valence-corrected chi connectivity index (χ1v) is 9.89. The first-order chi connectivity index (χ1) is 14.0. The quantitative estimate of drug-likeness (QED) is 0.694. The number of nitrogens with one attached hydrogen (secondary N) is 3. The van der Waals surface area contributed by atoms with E-state index < -0.39 is 5.82 Å². The van der Waals surface area contributed by atoms with Gasteiger partial charge in [-0.3, -0.25) is 9.69 Å². The van der Waals surface area contributed by atoms with Gasteiger partial charge in [-0.25, -0.2) is 9.18 Å². The zero-order valence-electron chi connectivity index (χ0n) is 16.8. The van der Waals surface area contributed by atoms with Crippen molar-refractivity contribution in [3.63, 3.8) is 0 Å². The molecule has 6 nitrogen and oxygen atoms in total. The van der Waals surface area contributed by atoms with Crippen LogP contribution < -0.4 is 16.0 Å². The molecule has 1 atom stereocenters. The Kier molecular flexibility index (Phi) is 6.82. The monoisotopic (exact) mass is 398 g/mol. The molecule has 1 aliphatic rings. The van der Waals surface area contributed by atoms with Gasteiger partial charge in [-0.1, -0.05) is 31.2 Å². The molecule has 3 rings (SSSR count). The van der Waals surface area contributed by atoms with Gasteiger partial charge in [-0.2, -0.15) is 0 Å². The van der Waals surface area contributed by atoms with Crippen molar-refractivity contribution in [1.82, 2.24) is 10.2 Å². The molecular formula is C22H27FN4O2. The number of halogens is 1. The largest absolute Gasteiger partial charge is 0.336 e. The molecule has 29 heavy (non-hydrogen) atoms. The van der Waals surface area contributed by atoms with Crippen LogP contribution in [-0.2, 0) is 17.8 Å². The summed E-state index contributed by atoms with van der Waals surface area (Å²) in [4.78, 5) is 25.9. The third kappa shape index (κ3) is 5.54. The lowest BCUT2D eigenvalue weighted by molar-refractivity contribution is -0.114. The van der Waals surface area contributed by atoms with Crippen LogP contribution in [0.4, 0.5) is 20.6 Å². The highest BCUT2D eigenvalue weighted by Crippen LogP contribution is 2.22. The Balaban J connectivity index is 1.55. The van der Waals surface area contributed by atoms with Crippen LogP contribution in [0.5, 0.6) is 0 Å². The van der Waals surface area contributed by atoms with Crippen LogP contribution in [0.15, 0.2) is 42.5 Å². The van der Waals surface area contributed by atoms with Gasteiger partial charge >= 0.3 is 6.03 Å². The minimum Gasteiger partial charge on any atom is -0.336 e. The minimum atomic E-state index is -0.553. The molecule has 0 fully saturated rings. The van der Waals surface area contributed by atoms with E-state index >= 15 is 0 Å². The van der Waals surface area contributed by atoms with Crippen molar-refractivity contribution in [1.29, 1.82) is 0 Å². The molecule has 1 heterocycles. The predicted molar refractivity (Wildman–Crippen MR) is 112 cm³/mol. The molecule has 0 bridgehead atoms. The van der Waals surface area contributed by atoms with Gasteiger partial charge in [0.2, 0.25) is 5.91 Å². The predicted octanol–water partition coefficient (Wildman–Crippen LogP) is 3.74. The average Bonchev–Trinajstić information content (AvgIpc) is 2.70. The lowest BCUT2D eigenvalue weighted by atomic mass is 9.98. The Morgan fingerprint density at radius 2 is 1.90 bits per heavy atom. The van der Waals surface area contributed by atoms with E-state index in [1.165, 1.54) is 36.2 Å². The van der Waals surface area contributed by atoms with Crippen molar-refractivity contribution in [2.75, 3.05) is 23.7 Å². The molecular weight excluding hydrogens is 371 g/mol. The SMILES string of the molecule is CCC(CNC(=O)Nc1ccc(F)c(NC(C)=O)c1)N1CCc2ccccc2C1. The molecule has 0 saturated carbocycles. The van der Waals surface area contributed by atoms with Gasteiger partial charge in [0.1, 0.15) is 5.82 Å². The van der Waals surface area contributed by atoms with E-state index in [4.69, 9.17) is 0 Å². The van der Waals surface area contributed by atoms with Gasteiger partial charge in [-0.05, 0) is 42.2 Å². The number of benzene rings is 2. The second-order valence-electron chi connectivity index (χ2n) is 7.26. The zero-order chi connectivity index (χ0) is 20.8. The number of amides is 3. The van der Waals surface area contributed by atoms with Crippen molar-refractivity contribution in [3.8, 4) is 0 Å². The molecule has 0 aromatic heterocycles. The van der Waals surface area contributed by atoms with Crippen LogP contribution in [-0.4, -0.2) is 36.0 Å². The number of fused-ring (bicyclic) bond motifs is 1. The van der Waals surface area contributed by atoms with Crippen molar-refractivity contribution >= 4 is 23.3 Å². The third-order valence-corrected chi connectivity index (χ3v) is 5.18. The summed E-state index contributed by atoms with van der Waals surface area (Å²) in [7, 11) is 0. The van der Waals surface area contributed by atoms with E-state index in [0.717, 1.165) is 25.9 Å². The Morgan fingerprint density at radius 3 is 2.62 bits per heavy atom. The van der Waals surface area contributed by atoms with Gasteiger partial charge in [0.25, 0.3) is 0 Å². The summed E-state index contributed by atoms with van der Waals surface area (Å²) in [6.07, 6.45) is 1.94. The Labute approximate surface area is 170 Å². The van der Waals surface area contributed by atoms with Gasteiger partial charge in [0.15, 0.2) is 0 Å². The van der Waals surface area contributed by atoms with Crippen LogP contribution in [0.1, 0.15) is 31.4 Å². The van der Waals surface area contributed by atoms with Crippen molar-refractivity contribution in [2.45, 2.75) is 39.3 Å². The van der Waals surface area contributed by atoms with Crippen LogP contribution in [0.3, 0.4) is 0 Å². The number of nitrogens with zero attached hydrogens (tertiary/aromatic N) is 1. The topological polar surface area (TPSA) is 73.5 Å². The number of carbonyl (C=O) groups excluding carboxylic acids is 2. The van der Waals surface area contributed by atoms with Gasteiger partial charge < -0.3 is 16.0 Å². The van der Waals surface area contributed by atoms with Crippen molar-refractivity contribution in [3.05, 3.63) is 59.4 Å². The molecule has 7 heteroatoms. The Morgan fingerprint density at radius 1 is 1.14 bits per heavy atom. The fourth-order valence-electron chi connectivity index (χ4n) is 3.64. The van der Waals surface area contributed by atoms with E-state index in [0.29, 0.717) is 12.2 Å². The highest BCUT2D eigenvalue weighted by atomic mass is 19.1. The van der Waals surface area contributed by atoms with Crippen molar-refractivity contribution in [2.24, 2.45) is 0 Å². The molecule has 154 valence electrons. The first kappa shape index (κ1) is 20.8. The van der Waals surface area contributed by atoms with E-state index in [-0.39, 0.29) is 23.7 Å². The molecule has 0 radical (unpaired) electrons. The summed E-state index contributed by atoms with van der Waals surface area (Å²) in [6.45, 7) is 5.79. The number of hydrogen-bond acceptors (Lipinski definition) is 3. The number of carbonyl (C=O) groups is 2. The molecule has 1 unspecified atom stereocenters. The molecule has 2 aromatic carbocycles. The number of anilines is 2. The maximum atomic E-state index is 13.7. The molecule has 0 aliphatic carbocycles. The maximum Gasteiger partial charge on any atom is 0.319 e. The van der Waals surface area contributed by atoms with Gasteiger partial charge in [0.05, 0.1) is 5.69 Å². The summed E-state index contributed by atoms with van der Waals surface area (Å²) in [5.74, 6) is -0.929. The molecule has 3 N–H and O–H groups in total.